The number of aliphatic hydroxyl groups excluding tert-OH is 1. The van der Waals surface area contributed by atoms with Crippen molar-refractivity contribution in [2.45, 2.75) is 71.3 Å². The van der Waals surface area contributed by atoms with E-state index in [0.717, 1.165) is 44.9 Å². The maximum atomic E-state index is 11.0. The predicted octanol–water partition coefficient (Wildman–Crippen LogP) is 0.750. The number of hydrogen-bond acceptors (Lipinski definition) is 4. The Morgan fingerprint density at radius 1 is 1.15 bits per heavy atom. The zero-order chi connectivity index (χ0) is 18.7. The van der Waals surface area contributed by atoms with Crippen molar-refractivity contribution >= 4 is 10.4 Å². The molecular formula is C20H32NaO5S+. The molecule has 0 aromatic heterocycles. The zero-order valence-electron chi connectivity index (χ0n) is 16.9. The van der Waals surface area contributed by atoms with Crippen LogP contribution in [-0.4, -0.2) is 30.8 Å². The molecule has 0 bridgehead atoms. The van der Waals surface area contributed by atoms with Gasteiger partial charge in [-0.25, -0.2) is 4.18 Å². The van der Waals surface area contributed by atoms with E-state index in [2.05, 4.69) is 19.9 Å². The van der Waals surface area contributed by atoms with E-state index in [9.17, 15) is 13.5 Å². The number of aliphatic hydroxyl groups is 1. The van der Waals surface area contributed by atoms with Gasteiger partial charge in [0.1, 0.15) is 0 Å². The van der Waals surface area contributed by atoms with E-state index >= 15 is 0 Å². The first-order valence-corrected chi connectivity index (χ1v) is 11.5. The summed E-state index contributed by atoms with van der Waals surface area (Å²) in [5.41, 5.74) is 1.80. The third-order valence-corrected chi connectivity index (χ3v) is 9.13. The smallest absolute Gasteiger partial charge is 0.393 e. The molecule has 7 heteroatoms. The topological polar surface area (TPSA) is 83.8 Å². The molecule has 4 aliphatic rings. The van der Waals surface area contributed by atoms with Crippen molar-refractivity contribution in [1.82, 2.24) is 0 Å². The van der Waals surface area contributed by atoms with Gasteiger partial charge in [0, 0.05) is 0 Å². The summed E-state index contributed by atoms with van der Waals surface area (Å²) >= 11 is 0. The van der Waals surface area contributed by atoms with Crippen molar-refractivity contribution in [2.75, 3.05) is 6.61 Å². The first-order valence-electron chi connectivity index (χ1n) is 10.1. The summed E-state index contributed by atoms with van der Waals surface area (Å²) in [4.78, 5) is 0. The number of hydrogen-bond donors (Lipinski definition) is 2. The van der Waals surface area contributed by atoms with Crippen LogP contribution in [0.1, 0.15) is 65.2 Å². The van der Waals surface area contributed by atoms with Crippen LogP contribution in [0.15, 0.2) is 11.6 Å². The third-order valence-electron chi connectivity index (χ3n) is 8.69. The van der Waals surface area contributed by atoms with E-state index < -0.39 is 10.4 Å². The van der Waals surface area contributed by atoms with Crippen LogP contribution in [0.25, 0.3) is 0 Å². The van der Waals surface area contributed by atoms with Gasteiger partial charge in [-0.1, -0.05) is 25.5 Å². The maximum absolute atomic E-state index is 11.0. The van der Waals surface area contributed by atoms with Crippen molar-refractivity contribution in [3.05, 3.63) is 11.6 Å². The van der Waals surface area contributed by atoms with Crippen LogP contribution in [0.4, 0.5) is 0 Å². The van der Waals surface area contributed by atoms with Gasteiger partial charge in [0.2, 0.25) is 0 Å². The minimum Gasteiger partial charge on any atom is -0.393 e. The molecule has 3 unspecified atom stereocenters. The maximum Gasteiger partial charge on any atom is 1.00 e. The average Bonchev–Trinajstić information content (AvgIpc) is 2.89. The van der Waals surface area contributed by atoms with Crippen LogP contribution < -0.4 is 29.6 Å². The standard InChI is InChI=1S/C20H32O5S.Na/c1-19-9-7-15(21)11-13(19)3-5-16-17-6-4-14(12-25-26(22,23)24)20(17,2)10-8-18(16)19;/h3,14-18,21H,4-12H2,1-2H3,(H,22,23,24);/q;+1/t14-,15+,16?,17?,18?,19+,20-;/m1./s1. The first kappa shape index (κ1) is 22.3. The largest absolute Gasteiger partial charge is 1.00 e. The van der Waals surface area contributed by atoms with Crippen molar-refractivity contribution in [3.63, 3.8) is 0 Å². The monoisotopic (exact) mass is 407 g/mol. The van der Waals surface area contributed by atoms with Gasteiger partial charge >= 0.3 is 40.0 Å². The van der Waals surface area contributed by atoms with Crippen LogP contribution in [0.5, 0.6) is 0 Å². The quantitative estimate of drug-likeness (QED) is 0.410. The van der Waals surface area contributed by atoms with Crippen LogP contribution in [0.2, 0.25) is 0 Å². The Morgan fingerprint density at radius 3 is 2.59 bits per heavy atom. The summed E-state index contributed by atoms with van der Waals surface area (Å²) in [6.45, 7) is 4.83. The molecule has 5 nitrogen and oxygen atoms in total. The van der Waals surface area contributed by atoms with Gasteiger partial charge in [-0.2, -0.15) is 8.42 Å². The Kier molecular flexibility index (Phi) is 6.33. The van der Waals surface area contributed by atoms with Gasteiger partial charge in [-0.15, -0.1) is 0 Å². The summed E-state index contributed by atoms with van der Waals surface area (Å²) in [5.74, 6) is 2.11. The Labute approximate surface area is 185 Å². The second-order valence-electron chi connectivity index (χ2n) is 9.69. The molecule has 0 aliphatic heterocycles. The molecule has 0 aromatic carbocycles. The van der Waals surface area contributed by atoms with E-state index in [0.29, 0.717) is 17.8 Å². The van der Waals surface area contributed by atoms with Gasteiger partial charge in [0.15, 0.2) is 0 Å². The van der Waals surface area contributed by atoms with Gasteiger partial charge < -0.3 is 5.11 Å². The molecule has 7 atom stereocenters. The van der Waals surface area contributed by atoms with Crippen LogP contribution in [-0.2, 0) is 14.6 Å². The Morgan fingerprint density at radius 2 is 1.89 bits per heavy atom. The van der Waals surface area contributed by atoms with Gasteiger partial charge in [-0.3, -0.25) is 4.55 Å². The molecular weight excluding hydrogens is 375 g/mol. The molecule has 3 saturated carbocycles. The Hall–Kier alpha value is 0.570. The molecule has 0 heterocycles. The molecule has 0 aromatic rings. The molecule has 4 rings (SSSR count). The van der Waals surface area contributed by atoms with Crippen molar-refractivity contribution in [1.29, 1.82) is 0 Å². The molecule has 3 fully saturated rings. The Balaban J connectivity index is 0.00000210. The summed E-state index contributed by atoms with van der Waals surface area (Å²) in [5, 5.41) is 10.1. The molecule has 2 N–H and O–H groups in total. The molecule has 0 saturated heterocycles. The van der Waals surface area contributed by atoms with Crippen molar-refractivity contribution in [2.24, 2.45) is 34.5 Å². The first-order chi connectivity index (χ1) is 12.1. The van der Waals surface area contributed by atoms with Crippen LogP contribution >= 0.6 is 0 Å². The average molecular weight is 408 g/mol. The summed E-state index contributed by atoms with van der Waals surface area (Å²) in [6, 6.07) is 0. The fourth-order valence-corrected chi connectivity index (χ4v) is 7.53. The SMILES string of the molecule is C[C@]12CC[C@H](O)CC1=CCC1C2CC[C@@]2(C)C1CC[C@@H]2COS(=O)(=O)O.[Na+]. The number of allylic oxidation sites excluding steroid dienone is 1. The van der Waals surface area contributed by atoms with E-state index in [1.165, 1.54) is 12.0 Å². The predicted molar refractivity (Wildman–Crippen MR) is 98.7 cm³/mol. The minimum atomic E-state index is -4.36. The Bertz CT molecular complexity index is 707. The number of rotatable bonds is 3. The molecule has 0 amide bonds. The van der Waals surface area contributed by atoms with E-state index in [1.54, 1.807) is 0 Å². The third kappa shape index (κ3) is 3.85. The van der Waals surface area contributed by atoms with Gasteiger partial charge in [-0.05, 0) is 85.9 Å². The molecule has 148 valence electrons. The normalized spacial score (nSPS) is 46.5. The zero-order valence-corrected chi connectivity index (χ0v) is 19.7. The fourth-order valence-electron chi connectivity index (χ4n) is 7.19. The molecule has 27 heavy (non-hydrogen) atoms. The van der Waals surface area contributed by atoms with E-state index in [-0.39, 0.29) is 59.0 Å². The molecule has 0 radical (unpaired) electrons. The fraction of sp³-hybridized carbons (Fsp3) is 0.900. The van der Waals surface area contributed by atoms with Crippen molar-refractivity contribution in [3.8, 4) is 0 Å². The second kappa shape index (κ2) is 7.68. The van der Waals surface area contributed by atoms with Crippen LogP contribution in [0.3, 0.4) is 0 Å². The summed E-state index contributed by atoms with van der Waals surface area (Å²) in [6.07, 6.45) is 10.5. The summed E-state index contributed by atoms with van der Waals surface area (Å²) in [7, 11) is -4.36. The minimum absolute atomic E-state index is 0. The molecule has 4 aliphatic carbocycles. The number of fused-ring (bicyclic) bond motifs is 5. The summed E-state index contributed by atoms with van der Waals surface area (Å²) < 4.78 is 35.7. The second-order valence-corrected chi connectivity index (χ2v) is 10.8. The molecule has 0 spiro atoms. The van der Waals surface area contributed by atoms with Crippen LogP contribution in [0, 0.1) is 34.5 Å². The van der Waals surface area contributed by atoms with Gasteiger partial charge in [0.25, 0.3) is 0 Å². The van der Waals surface area contributed by atoms with Gasteiger partial charge in [0.05, 0.1) is 12.7 Å². The van der Waals surface area contributed by atoms with Crippen molar-refractivity contribution < 1.29 is 51.8 Å². The van der Waals surface area contributed by atoms with E-state index in [1.807, 2.05) is 0 Å². The van der Waals surface area contributed by atoms with E-state index in [4.69, 9.17) is 8.74 Å².